The summed E-state index contributed by atoms with van der Waals surface area (Å²) in [5, 5.41) is 8.31. The molecule has 1 heterocycles. The predicted molar refractivity (Wildman–Crippen MR) is 90.3 cm³/mol. The van der Waals surface area contributed by atoms with Crippen molar-refractivity contribution in [3.05, 3.63) is 49.6 Å². The summed E-state index contributed by atoms with van der Waals surface area (Å²) in [7, 11) is 0. The number of rotatable bonds is 7. The summed E-state index contributed by atoms with van der Waals surface area (Å²) in [5.74, 6) is 0.773. The maximum Gasteiger partial charge on any atom is 0.140 e. The van der Waals surface area contributed by atoms with E-state index < -0.39 is 0 Å². The first-order valence-electron chi connectivity index (χ1n) is 6.47. The fourth-order valence-corrected chi connectivity index (χ4v) is 3.62. The average Bonchev–Trinajstić information content (AvgIpc) is 2.89. The maximum atomic E-state index is 6.17. The van der Waals surface area contributed by atoms with Crippen molar-refractivity contribution in [2.24, 2.45) is 0 Å². The van der Waals surface area contributed by atoms with Crippen LogP contribution in [0.15, 0.2) is 33.4 Å². The van der Waals surface area contributed by atoms with Gasteiger partial charge in [-0.05, 0) is 60.0 Å². The van der Waals surface area contributed by atoms with E-state index in [0.29, 0.717) is 11.6 Å². The third-order valence-corrected chi connectivity index (χ3v) is 4.36. The Hall–Kier alpha value is -0.550. The quantitative estimate of drug-likeness (QED) is 0.710. The van der Waals surface area contributed by atoms with Crippen molar-refractivity contribution in [2.45, 2.75) is 13.3 Å². The largest absolute Gasteiger partial charge is 0.490 e. The molecule has 0 saturated carbocycles. The Morgan fingerprint density at radius 3 is 2.90 bits per heavy atom. The Kier molecular flexibility index (Phi) is 6.36. The zero-order valence-corrected chi connectivity index (χ0v) is 14.4. The monoisotopic (exact) mass is 373 g/mol. The molecule has 0 aliphatic rings. The fourth-order valence-electron chi connectivity index (χ4n) is 1.89. The molecular formula is C15H17BrClNOS. The van der Waals surface area contributed by atoms with Crippen LogP contribution in [0, 0.1) is 6.92 Å². The molecule has 0 saturated heterocycles. The number of aryl methyl sites for hydroxylation is 1. The molecule has 0 unspecified atom stereocenters. The molecule has 0 aliphatic heterocycles. The maximum absolute atomic E-state index is 6.17. The van der Waals surface area contributed by atoms with Gasteiger partial charge in [-0.3, -0.25) is 0 Å². The molecule has 108 valence electrons. The van der Waals surface area contributed by atoms with Crippen LogP contribution in [-0.4, -0.2) is 19.7 Å². The number of halogens is 2. The molecular weight excluding hydrogens is 358 g/mol. The third kappa shape index (κ3) is 4.77. The summed E-state index contributed by atoms with van der Waals surface area (Å²) < 4.78 is 6.72. The van der Waals surface area contributed by atoms with Gasteiger partial charge in [0.15, 0.2) is 0 Å². The molecule has 2 nitrogen and oxygen atoms in total. The number of benzene rings is 1. The van der Waals surface area contributed by atoms with Gasteiger partial charge in [0.05, 0.1) is 5.02 Å². The molecule has 2 rings (SSSR count). The Labute approximate surface area is 137 Å². The lowest BCUT2D eigenvalue weighted by Crippen LogP contribution is -2.23. The van der Waals surface area contributed by atoms with Crippen molar-refractivity contribution in [3.63, 3.8) is 0 Å². The normalized spacial score (nSPS) is 10.8. The van der Waals surface area contributed by atoms with E-state index in [1.54, 1.807) is 11.3 Å². The van der Waals surface area contributed by atoms with E-state index in [1.165, 1.54) is 5.56 Å². The topological polar surface area (TPSA) is 21.3 Å². The van der Waals surface area contributed by atoms with Crippen LogP contribution < -0.4 is 10.1 Å². The van der Waals surface area contributed by atoms with Crippen LogP contribution in [-0.2, 0) is 6.42 Å². The molecule has 0 spiro atoms. The van der Waals surface area contributed by atoms with Gasteiger partial charge < -0.3 is 10.1 Å². The molecule has 1 aromatic carbocycles. The van der Waals surface area contributed by atoms with Crippen LogP contribution in [0.25, 0.3) is 0 Å². The minimum atomic E-state index is 0.617. The standard InChI is InChI=1S/C15H17BrClNOS/c1-11-8-13(16)9-14(17)15(11)19-6-5-18-4-2-12-3-7-20-10-12/h3,7-10,18H,2,4-6H2,1H3. The van der Waals surface area contributed by atoms with Crippen molar-refractivity contribution >= 4 is 38.9 Å². The van der Waals surface area contributed by atoms with E-state index in [-0.39, 0.29) is 0 Å². The molecule has 1 N–H and O–H groups in total. The van der Waals surface area contributed by atoms with Gasteiger partial charge >= 0.3 is 0 Å². The Morgan fingerprint density at radius 2 is 2.20 bits per heavy atom. The Balaban J connectivity index is 1.68. The van der Waals surface area contributed by atoms with Crippen LogP contribution in [0.4, 0.5) is 0 Å². The molecule has 20 heavy (non-hydrogen) atoms. The van der Waals surface area contributed by atoms with E-state index in [0.717, 1.165) is 35.3 Å². The van der Waals surface area contributed by atoms with E-state index in [4.69, 9.17) is 16.3 Å². The van der Waals surface area contributed by atoms with E-state index in [2.05, 4.69) is 38.1 Å². The highest BCUT2D eigenvalue weighted by Gasteiger charge is 2.06. The van der Waals surface area contributed by atoms with Crippen LogP contribution in [0.1, 0.15) is 11.1 Å². The molecule has 0 bridgehead atoms. The van der Waals surface area contributed by atoms with Crippen LogP contribution in [0.3, 0.4) is 0 Å². The number of thiophene rings is 1. The van der Waals surface area contributed by atoms with E-state index in [1.807, 2.05) is 19.1 Å². The lowest BCUT2D eigenvalue weighted by Gasteiger charge is -2.12. The van der Waals surface area contributed by atoms with Crippen LogP contribution >= 0.6 is 38.9 Å². The van der Waals surface area contributed by atoms with Gasteiger partial charge in [0.25, 0.3) is 0 Å². The van der Waals surface area contributed by atoms with Crippen molar-refractivity contribution in [1.29, 1.82) is 0 Å². The molecule has 5 heteroatoms. The number of hydrogen-bond donors (Lipinski definition) is 1. The second-order valence-electron chi connectivity index (χ2n) is 4.51. The van der Waals surface area contributed by atoms with Crippen molar-refractivity contribution < 1.29 is 4.74 Å². The Bertz CT molecular complexity index is 522. The lowest BCUT2D eigenvalue weighted by molar-refractivity contribution is 0.312. The van der Waals surface area contributed by atoms with Gasteiger partial charge in [-0.1, -0.05) is 27.5 Å². The van der Waals surface area contributed by atoms with Gasteiger partial charge in [-0.15, -0.1) is 0 Å². The second kappa shape index (κ2) is 8.03. The minimum Gasteiger partial charge on any atom is -0.490 e. The molecule has 1 aromatic heterocycles. The van der Waals surface area contributed by atoms with Crippen molar-refractivity contribution in [1.82, 2.24) is 5.32 Å². The molecule has 0 fully saturated rings. The molecule has 2 aromatic rings. The van der Waals surface area contributed by atoms with Gasteiger partial charge in [-0.25, -0.2) is 0 Å². The second-order valence-corrected chi connectivity index (χ2v) is 6.62. The lowest BCUT2D eigenvalue weighted by atomic mass is 10.2. The summed E-state index contributed by atoms with van der Waals surface area (Å²) >= 11 is 11.3. The van der Waals surface area contributed by atoms with Crippen LogP contribution in [0.5, 0.6) is 5.75 Å². The molecule has 0 amide bonds. The zero-order chi connectivity index (χ0) is 14.4. The molecule has 0 radical (unpaired) electrons. The molecule has 0 aliphatic carbocycles. The van der Waals surface area contributed by atoms with Crippen molar-refractivity contribution in [2.75, 3.05) is 19.7 Å². The zero-order valence-electron chi connectivity index (χ0n) is 11.3. The SMILES string of the molecule is Cc1cc(Br)cc(Cl)c1OCCNCCc1ccsc1. The summed E-state index contributed by atoms with van der Waals surface area (Å²) in [6, 6.07) is 6.02. The van der Waals surface area contributed by atoms with Gasteiger partial charge in [0, 0.05) is 11.0 Å². The first-order valence-corrected chi connectivity index (χ1v) is 8.58. The smallest absolute Gasteiger partial charge is 0.140 e. The first kappa shape index (κ1) is 15.8. The van der Waals surface area contributed by atoms with Crippen LogP contribution in [0.2, 0.25) is 5.02 Å². The number of ether oxygens (including phenoxy) is 1. The van der Waals surface area contributed by atoms with Gasteiger partial charge in [0.1, 0.15) is 12.4 Å². The fraction of sp³-hybridized carbons (Fsp3) is 0.333. The van der Waals surface area contributed by atoms with Crippen molar-refractivity contribution in [3.8, 4) is 5.75 Å². The number of nitrogens with one attached hydrogen (secondary N) is 1. The molecule has 0 atom stereocenters. The average molecular weight is 375 g/mol. The number of hydrogen-bond acceptors (Lipinski definition) is 3. The summed E-state index contributed by atoms with van der Waals surface area (Å²) in [6.07, 6.45) is 1.06. The highest BCUT2D eigenvalue weighted by Crippen LogP contribution is 2.31. The highest BCUT2D eigenvalue weighted by molar-refractivity contribution is 9.10. The summed E-state index contributed by atoms with van der Waals surface area (Å²) in [6.45, 7) is 4.39. The predicted octanol–water partition coefficient (Wildman–Crippen LogP) is 4.68. The van der Waals surface area contributed by atoms with Gasteiger partial charge in [0.2, 0.25) is 0 Å². The summed E-state index contributed by atoms with van der Waals surface area (Å²) in [4.78, 5) is 0. The van der Waals surface area contributed by atoms with Gasteiger partial charge in [-0.2, -0.15) is 11.3 Å². The third-order valence-electron chi connectivity index (χ3n) is 2.89. The Morgan fingerprint density at radius 1 is 1.35 bits per heavy atom. The van der Waals surface area contributed by atoms with E-state index >= 15 is 0 Å². The highest BCUT2D eigenvalue weighted by atomic mass is 79.9. The summed E-state index contributed by atoms with van der Waals surface area (Å²) in [5.41, 5.74) is 2.43. The van der Waals surface area contributed by atoms with E-state index in [9.17, 15) is 0 Å². The minimum absolute atomic E-state index is 0.617. The first-order chi connectivity index (χ1) is 9.66.